The summed E-state index contributed by atoms with van der Waals surface area (Å²) >= 11 is 0. The van der Waals surface area contributed by atoms with Gasteiger partial charge in [-0.25, -0.2) is 19.0 Å². The molecule has 0 spiro atoms. The molecule has 0 amide bonds. The molecule has 3 aromatic rings. The third-order valence-corrected chi connectivity index (χ3v) is 7.20. The topological polar surface area (TPSA) is 80.0 Å². The molecule has 176 valence electrons. The molecule has 6 rings (SSSR count). The number of fused-ring (bicyclic) bond motifs is 1. The van der Waals surface area contributed by atoms with Crippen LogP contribution in [0.4, 0.5) is 10.3 Å². The Hall–Kier alpha value is -3.29. The standard InChI is InChI=1S/C26H30FN7/c27-18-11-9-17(10-12-18)24-23(21-13-15-28-25(32-21)30-19-5-1-2-6-19)22-14-16-29-26(34(22)33-24)31-20-7-3-4-8-20/h9-13,15,19-20H,1-8,14,16H2,(H,29,31)(H,28,30,32). The highest BCUT2D eigenvalue weighted by Gasteiger charge is 2.28. The molecule has 0 radical (unpaired) electrons. The van der Waals surface area contributed by atoms with Gasteiger partial charge in [0.25, 0.3) is 0 Å². The molecule has 2 saturated carbocycles. The number of anilines is 1. The van der Waals surface area contributed by atoms with Crippen molar-refractivity contribution in [3.05, 3.63) is 48.0 Å². The van der Waals surface area contributed by atoms with E-state index in [1.54, 1.807) is 12.1 Å². The fourth-order valence-electron chi connectivity index (χ4n) is 5.45. The van der Waals surface area contributed by atoms with Gasteiger partial charge in [0, 0.05) is 36.8 Å². The molecule has 7 nitrogen and oxygen atoms in total. The van der Waals surface area contributed by atoms with Crippen LogP contribution in [0.1, 0.15) is 57.1 Å². The molecule has 0 saturated heterocycles. The van der Waals surface area contributed by atoms with Gasteiger partial charge in [-0.15, -0.1) is 0 Å². The molecule has 3 aliphatic rings. The minimum atomic E-state index is -0.260. The van der Waals surface area contributed by atoms with Gasteiger partial charge in [-0.05, 0) is 56.0 Å². The number of benzene rings is 1. The first-order valence-electron chi connectivity index (χ1n) is 12.5. The van der Waals surface area contributed by atoms with Crippen molar-refractivity contribution < 1.29 is 4.39 Å². The van der Waals surface area contributed by atoms with E-state index in [-0.39, 0.29) is 5.82 Å². The number of hydrogen-bond donors (Lipinski definition) is 2. The summed E-state index contributed by atoms with van der Waals surface area (Å²) in [4.78, 5) is 14.2. The minimum Gasteiger partial charge on any atom is -0.352 e. The second-order valence-corrected chi connectivity index (χ2v) is 9.56. The highest BCUT2D eigenvalue weighted by molar-refractivity contribution is 5.89. The zero-order valence-electron chi connectivity index (χ0n) is 19.3. The van der Waals surface area contributed by atoms with Crippen molar-refractivity contribution in [3.8, 4) is 22.5 Å². The van der Waals surface area contributed by atoms with Gasteiger partial charge >= 0.3 is 0 Å². The molecule has 34 heavy (non-hydrogen) atoms. The fraction of sp³-hybridized carbons (Fsp3) is 0.462. The molecule has 0 atom stereocenters. The van der Waals surface area contributed by atoms with Crippen LogP contribution in [-0.2, 0) is 6.42 Å². The highest BCUT2D eigenvalue weighted by atomic mass is 19.1. The number of nitrogens with zero attached hydrogens (tertiary/aromatic N) is 5. The molecule has 2 aromatic heterocycles. The number of nitrogens with one attached hydrogen (secondary N) is 2. The van der Waals surface area contributed by atoms with Gasteiger partial charge in [-0.3, -0.25) is 4.99 Å². The third-order valence-electron chi connectivity index (χ3n) is 7.20. The van der Waals surface area contributed by atoms with E-state index in [9.17, 15) is 4.39 Å². The largest absolute Gasteiger partial charge is 0.352 e. The summed E-state index contributed by atoms with van der Waals surface area (Å²) in [7, 11) is 0. The van der Waals surface area contributed by atoms with Crippen molar-refractivity contribution in [2.45, 2.75) is 69.9 Å². The van der Waals surface area contributed by atoms with Crippen LogP contribution < -0.4 is 10.6 Å². The summed E-state index contributed by atoms with van der Waals surface area (Å²) in [6, 6.07) is 9.35. The van der Waals surface area contributed by atoms with E-state index in [0.717, 1.165) is 66.3 Å². The summed E-state index contributed by atoms with van der Waals surface area (Å²) in [5, 5.41) is 12.1. The van der Waals surface area contributed by atoms with Gasteiger partial charge in [0.1, 0.15) is 11.5 Å². The molecule has 0 unspecified atom stereocenters. The highest BCUT2D eigenvalue weighted by Crippen LogP contribution is 2.35. The van der Waals surface area contributed by atoms with Crippen LogP contribution in [0, 0.1) is 5.82 Å². The number of aromatic nitrogens is 4. The van der Waals surface area contributed by atoms with Crippen LogP contribution in [0.3, 0.4) is 0 Å². The Balaban J connectivity index is 1.42. The lowest BCUT2D eigenvalue weighted by Gasteiger charge is -2.20. The SMILES string of the molecule is Fc1ccc(-c2nn3c(c2-c2ccnc(NC4CCCC4)n2)CCN=C3NC2CCCC2)cc1. The second kappa shape index (κ2) is 9.16. The molecular weight excluding hydrogens is 429 g/mol. The van der Waals surface area contributed by atoms with Crippen molar-refractivity contribution >= 4 is 11.9 Å². The number of rotatable bonds is 5. The van der Waals surface area contributed by atoms with E-state index in [1.807, 2.05) is 16.9 Å². The van der Waals surface area contributed by atoms with Gasteiger partial charge in [0.05, 0.1) is 17.0 Å². The number of hydrogen-bond acceptors (Lipinski definition) is 6. The summed E-state index contributed by atoms with van der Waals surface area (Å²) in [5.74, 6) is 1.20. The Kier molecular flexibility index (Phi) is 5.73. The average Bonchev–Trinajstić information content (AvgIpc) is 3.61. The second-order valence-electron chi connectivity index (χ2n) is 9.56. The number of aliphatic imine (C=N–C) groups is 1. The molecule has 3 heterocycles. The predicted molar refractivity (Wildman–Crippen MR) is 131 cm³/mol. The smallest absolute Gasteiger partial charge is 0.223 e. The molecule has 0 bridgehead atoms. The first-order chi connectivity index (χ1) is 16.7. The van der Waals surface area contributed by atoms with E-state index < -0.39 is 0 Å². The maximum atomic E-state index is 13.7. The maximum absolute atomic E-state index is 13.7. The Morgan fingerprint density at radius 3 is 2.32 bits per heavy atom. The van der Waals surface area contributed by atoms with Crippen LogP contribution in [0.2, 0.25) is 0 Å². The molecular formula is C26H30FN7. The number of halogens is 1. The van der Waals surface area contributed by atoms with E-state index in [1.165, 1.54) is 37.8 Å². The molecule has 1 aliphatic heterocycles. The lowest BCUT2D eigenvalue weighted by Crippen LogP contribution is -2.40. The van der Waals surface area contributed by atoms with Crippen LogP contribution in [0.15, 0.2) is 41.5 Å². The first-order valence-corrected chi connectivity index (χ1v) is 12.5. The molecule has 8 heteroatoms. The lowest BCUT2D eigenvalue weighted by atomic mass is 10.0. The molecule has 2 aliphatic carbocycles. The lowest BCUT2D eigenvalue weighted by molar-refractivity contribution is 0.600. The van der Waals surface area contributed by atoms with Crippen molar-refractivity contribution in [1.29, 1.82) is 0 Å². The summed E-state index contributed by atoms with van der Waals surface area (Å²) in [6.07, 6.45) is 12.2. The molecule has 2 fully saturated rings. The molecule has 2 N–H and O–H groups in total. The van der Waals surface area contributed by atoms with Crippen molar-refractivity contribution in [1.82, 2.24) is 25.1 Å². The van der Waals surface area contributed by atoms with Crippen LogP contribution in [-0.4, -0.2) is 44.3 Å². The van der Waals surface area contributed by atoms with Gasteiger partial charge in [-0.2, -0.15) is 5.10 Å². The van der Waals surface area contributed by atoms with E-state index in [4.69, 9.17) is 15.1 Å². The zero-order chi connectivity index (χ0) is 22.9. The van der Waals surface area contributed by atoms with Crippen LogP contribution in [0.5, 0.6) is 0 Å². The quantitative estimate of drug-likeness (QED) is 0.573. The molecule has 1 aromatic carbocycles. The van der Waals surface area contributed by atoms with Crippen molar-refractivity contribution in [2.75, 3.05) is 11.9 Å². The van der Waals surface area contributed by atoms with Gasteiger partial charge in [0.15, 0.2) is 0 Å². The Bertz CT molecular complexity index is 1190. The summed E-state index contributed by atoms with van der Waals surface area (Å²) in [5.41, 5.74) is 4.55. The predicted octanol–water partition coefficient (Wildman–Crippen LogP) is 4.79. The average molecular weight is 460 g/mol. The zero-order valence-corrected chi connectivity index (χ0v) is 19.3. The van der Waals surface area contributed by atoms with Crippen LogP contribution in [0.25, 0.3) is 22.5 Å². The Morgan fingerprint density at radius 1 is 0.882 bits per heavy atom. The van der Waals surface area contributed by atoms with Crippen molar-refractivity contribution in [2.24, 2.45) is 4.99 Å². The third kappa shape index (κ3) is 4.17. The maximum Gasteiger partial charge on any atom is 0.223 e. The van der Waals surface area contributed by atoms with Gasteiger partial charge in [-0.1, -0.05) is 25.7 Å². The van der Waals surface area contributed by atoms with E-state index >= 15 is 0 Å². The minimum absolute atomic E-state index is 0.260. The van der Waals surface area contributed by atoms with Crippen LogP contribution >= 0.6 is 0 Å². The van der Waals surface area contributed by atoms with Gasteiger partial charge in [0.2, 0.25) is 11.9 Å². The van der Waals surface area contributed by atoms with E-state index in [0.29, 0.717) is 24.6 Å². The Labute approximate surface area is 198 Å². The summed E-state index contributed by atoms with van der Waals surface area (Å²) in [6.45, 7) is 0.703. The summed E-state index contributed by atoms with van der Waals surface area (Å²) < 4.78 is 15.7. The van der Waals surface area contributed by atoms with Crippen molar-refractivity contribution in [3.63, 3.8) is 0 Å². The normalized spacial score (nSPS) is 18.7. The van der Waals surface area contributed by atoms with Gasteiger partial charge < -0.3 is 10.6 Å². The first kappa shape index (κ1) is 21.3. The monoisotopic (exact) mass is 459 g/mol. The fourth-order valence-corrected chi connectivity index (χ4v) is 5.45. The van der Waals surface area contributed by atoms with E-state index in [2.05, 4.69) is 15.6 Å². The Morgan fingerprint density at radius 2 is 1.59 bits per heavy atom.